The molecule has 20 heavy (non-hydrogen) atoms. The van der Waals surface area contributed by atoms with Gasteiger partial charge in [0.1, 0.15) is 5.75 Å². The van der Waals surface area contributed by atoms with Gasteiger partial charge in [0.25, 0.3) is 0 Å². The van der Waals surface area contributed by atoms with Gasteiger partial charge in [-0.05, 0) is 50.2 Å². The van der Waals surface area contributed by atoms with Crippen LogP contribution >= 0.6 is 0 Å². The molecule has 2 nitrogen and oxygen atoms in total. The van der Waals surface area contributed by atoms with E-state index >= 15 is 0 Å². The Labute approximate surface area is 123 Å². The number of anilines is 1. The highest BCUT2D eigenvalue weighted by Gasteiger charge is 2.20. The summed E-state index contributed by atoms with van der Waals surface area (Å²) in [5.74, 6) is 1.95. The van der Waals surface area contributed by atoms with E-state index in [0.29, 0.717) is 6.04 Å². The minimum Gasteiger partial charge on any atom is -0.494 e. The molecule has 1 saturated carbocycles. The topological polar surface area (TPSA) is 21.3 Å². The molecule has 0 atom stereocenters. The van der Waals surface area contributed by atoms with Gasteiger partial charge in [-0.15, -0.1) is 0 Å². The summed E-state index contributed by atoms with van der Waals surface area (Å²) in [6.45, 7) is 5.23. The van der Waals surface area contributed by atoms with Crippen LogP contribution in [-0.4, -0.2) is 12.6 Å². The zero-order valence-electron chi connectivity index (χ0n) is 13.0. The van der Waals surface area contributed by atoms with Crippen LogP contribution in [0.3, 0.4) is 0 Å². The molecule has 0 unspecified atom stereocenters. The summed E-state index contributed by atoms with van der Waals surface area (Å²) in [5.41, 5.74) is 1.21. The van der Waals surface area contributed by atoms with Crippen LogP contribution in [0.2, 0.25) is 0 Å². The van der Waals surface area contributed by atoms with Gasteiger partial charge in [0.15, 0.2) is 0 Å². The van der Waals surface area contributed by atoms with E-state index < -0.39 is 0 Å². The average molecular weight is 275 g/mol. The Morgan fingerprint density at radius 3 is 2.60 bits per heavy atom. The summed E-state index contributed by atoms with van der Waals surface area (Å²) < 4.78 is 5.69. The standard InChI is InChI=1S/C18H29NO/c1-3-6-15-9-11-16(12-10-15)19-17-7-5-8-18(14-17)20-13-4-2/h5,7-8,14-16,19H,3-4,6,9-13H2,1-2H3. The zero-order valence-corrected chi connectivity index (χ0v) is 13.0. The highest BCUT2D eigenvalue weighted by molar-refractivity contribution is 5.48. The van der Waals surface area contributed by atoms with Crippen molar-refractivity contribution in [2.45, 2.75) is 64.8 Å². The molecule has 0 aromatic heterocycles. The summed E-state index contributed by atoms with van der Waals surface area (Å²) in [6, 6.07) is 9.05. The maximum atomic E-state index is 5.69. The highest BCUT2D eigenvalue weighted by Crippen LogP contribution is 2.30. The van der Waals surface area contributed by atoms with Gasteiger partial charge >= 0.3 is 0 Å². The number of hydrogen-bond donors (Lipinski definition) is 1. The van der Waals surface area contributed by atoms with Crippen molar-refractivity contribution in [1.29, 1.82) is 0 Å². The molecule has 2 rings (SSSR count). The predicted molar refractivity (Wildman–Crippen MR) is 86.5 cm³/mol. The predicted octanol–water partition coefficient (Wildman–Crippen LogP) is 5.25. The second-order valence-electron chi connectivity index (χ2n) is 6.03. The first-order chi connectivity index (χ1) is 9.81. The fraction of sp³-hybridized carbons (Fsp3) is 0.667. The van der Waals surface area contributed by atoms with E-state index in [-0.39, 0.29) is 0 Å². The molecule has 0 bridgehead atoms. The maximum absolute atomic E-state index is 5.69. The molecule has 0 spiro atoms. The first-order valence-corrected chi connectivity index (χ1v) is 8.31. The largest absolute Gasteiger partial charge is 0.494 e. The normalized spacial score (nSPS) is 22.5. The molecule has 112 valence electrons. The van der Waals surface area contributed by atoms with Crippen LogP contribution in [0, 0.1) is 5.92 Å². The van der Waals surface area contributed by atoms with Crippen LogP contribution < -0.4 is 10.1 Å². The quantitative estimate of drug-likeness (QED) is 0.734. The van der Waals surface area contributed by atoms with Gasteiger partial charge in [-0.25, -0.2) is 0 Å². The Morgan fingerprint density at radius 1 is 1.10 bits per heavy atom. The molecular formula is C18H29NO. The van der Waals surface area contributed by atoms with Crippen molar-refractivity contribution >= 4 is 5.69 Å². The third-order valence-electron chi connectivity index (χ3n) is 4.22. The Morgan fingerprint density at radius 2 is 1.90 bits per heavy atom. The second kappa shape index (κ2) is 8.18. The van der Waals surface area contributed by atoms with Crippen LogP contribution in [0.4, 0.5) is 5.69 Å². The number of ether oxygens (including phenoxy) is 1. The van der Waals surface area contributed by atoms with Crippen LogP contribution in [-0.2, 0) is 0 Å². The van der Waals surface area contributed by atoms with Gasteiger partial charge in [-0.2, -0.15) is 0 Å². The molecular weight excluding hydrogens is 246 g/mol. The monoisotopic (exact) mass is 275 g/mol. The number of rotatable bonds is 7. The second-order valence-corrected chi connectivity index (χ2v) is 6.03. The summed E-state index contributed by atoms with van der Waals surface area (Å²) in [4.78, 5) is 0. The number of hydrogen-bond acceptors (Lipinski definition) is 2. The van der Waals surface area contributed by atoms with E-state index in [0.717, 1.165) is 24.7 Å². The van der Waals surface area contributed by atoms with Gasteiger partial charge in [-0.1, -0.05) is 32.8 Å². The molecule has 0 heterocycles. The molecule has 2 heteroatoms. The summed E-state index contributed by atoms with van der Waals surface area (Å²) in [5, 5.41) is 3.68. The van der Waals surface area contributed by atoms with Crippen LogP contribution in [0.15, 0.2) is 24.3 Å². The van der Waals surface area contributed by atoms with E-state index in [4.69, 9.17) is 4.74 Å². The molecule has 0 saturated heterocycles. The lowest BCUT2D eigenvalue weighted by atomic mass is 9.83. The Balaban J connectivity index is 1.81. The zero-order chi connectivity index (χ0) is 14.2. The van der Waals surface area contributed by atoms with Crippen LogP contribution in [0.5, 0.6) is 5.75 Å². The van der Waals surface area contributed by atoms with Crippen molar-refractivity contribution in [3.05, 3.63) is 24.3 Å². The lowest BCUT2D eigenvalue weighted by Crippen LogP contribution is -2.26. The number of benzene rings is 1. The van der Waals surface area contributed by atoms with Crippen molar-refractivity contribution in [2.75, 3.05) is 11.9 Å². The lowest BCUT2D eigenvalue weighted by Gasteiger charge is -2.29. The SMILES string of the molecule is CCCOc1cccc(NC2CCC(CCC)CC2)c1. The molecule has 1 aromatic rings. The van der Waals surface area contributed by atoms with E-state index in [1.165, 1.54) is 44.2 Å². The number of nitrogens with one attached hydrogen (secondary N) is 1. The Kier molecular flexibility index (Phi) is 6.23. The molecule has 0 radical (unpaired) electrons. The van der Waals surface area contributed by atoms with E-state index in [9.17, 15) is 0 Å². The van der Waals surface area contributed by atoms with Crippen molar-refractivity contribution < 1.29 is 4.74 Å². The molecule has 0 aliphatic heterocycles. The van der Waals surface area contributed by atoms with Gasteiger partial charge < -0.3 is 10.1 Å². The smallest absolute Gasteiger partial charge is 0.121 e. The first kappa shape index (κ1) is 15.2. The first-order valence-electron chi connectivity index (χ1n) is 8.31. The van der Waals surface area contributed by atoms with Crippen molar-refractivity contribution in [3.63, 3.8) is 0 Å². The van der Waals surface area contributed by atoms with E-state index in [2.05, 4.69) is 37.4 Å². The van der Waals surface area contributed by atoms with Gasteiger partial charge in [0.05, 0.1) is 6.61 Å². The average Bonchev–Trinajstić information content (AvgIpc) is 2.48. The Bertz CT molecular complexity index is 383. The van der Waals surface area contributed by atoms with Crippen LogP contribution in [0.1, 0.15) is 58.8 Å². The molecule has 1 N–H and O–H groups in total. The van der Waals surface area contributed by atoms with Crippen molar-refractivity contribution in [3.8, 4) is 5.75 Å². The molecule has 1 fully saturated rings. The summed E-state index contributed by atoms with van der Waals surface area (Å²) in [7, 11) is 0. The summed E-state index contributed by atoms with van der Waals surface area (Å²) in [6.07, 6.45) is 9.19. The van der Waals surface area contributed by atoms with Crippen LogP contribution in [0.25, 0.3) is 0 Å². The third-order valence-corrected chi connectivity index (χ3v) is 4.22. The van der Waals surface area contributed by atoms with Gasteiger partial charge in [-0.3, -0.25) is 0 Å². The molecule has 1 aliphatic rings. The fourth-order valence-electron chi connectivity index (χ4n) is 3.13. The van der Waals surface area contributed by atoms with Crippen molar-refractivity contribution in [2.24, 2.45) is 5.92 Å². The lowest BCUT2D eigenvalue weighted by molar-refractivity contribution is 0.315. The van der Waals surface area contributed by atoms with E-state index in [1.807, 2.05) is 6.07 Å². The molecule has 1 aromatic carbocycles. The minimum absolute atomic E-state index is 0.643. The van der Waals surface area contributed by atoms with Gasteiger partial charge in [0.2, 0.25) is 0 Å². The van der Waals surface area contributed by atoms with E-state index in [1.54, 1.807) is 0 Å². The molecule has 1 aliphatic carbocycles. The van der Waals surface area contributed by atoms with Gasteiger partial charge in [0, 0.05) is 17.8 Å². The van der Waals surface area contributed by atoms with Crippen molar-refractivity contribution in [1.82, 2.24) is 0 Å². The molecule has 0 amide bonds. The maximum Gasteiger partial charge on any atom is 0.121 e. The minimum atomic E-state index is 0.643. The summed E-state index contributed by atoms with van der Waals surface area (Å²) >= 11 is 0. The third kappa shape index (κ3) is 4.73. The highest BCUT2D eigenvalue weighted by atomic mass is 16.5. The fourth-order valence-corrected chi connectivity index (χ4v) is 3.13. The Hall–Kier alpha value is -1.18.